The van der Waals surface area contributed by atoms with E-state index in [1.807, 2.05) is 0 Å². The van der Waals surface area contributed by atoms with Crippen molar-refractivity contribution in [1.82, 2.24) is 5.40 Å². The maximum Gasteiger partial charge on any atom is 0.434 e. The molecule has 0 aromatic carbocycles. The second-order valence-electron chi connectivity index (χ2n) is 1.35. The SMILES string of the molecule is CO[Si](C)([NH])OC. The molecule has 0 saturated carbocycles. The summed E-state index contributed by atoms with van der Waals surface area (Å²) in [7, 11) is 0.576. The van der Waals surface area contributed by atoms with Gasteiger partial charge in [-0.1, -0.05) is 0 Å². The summed E-state index contributed by atoms with van der Waals surface area (Å²) in [5, 5.41) is 7.12. The van der Waals surface area contributed by atoms with Gasteiger partial charge < -0.3 is 8.85 Å². The predicted octanol–water partition coefficient (Wildman–Crippen LogP) is 0.131. The minimum absolute atomic E-state index is 1.49. The molecule has 0 heterocycles. The van der Waals surface area contributed by atoms with Crippen molar-refractivity contribution in [3.05, 3.63) is 0 Å². The maximum atomic E-state index is 7.12. The van der Waals surface area contributed by atoms with Gasteiger partial charge >= 0.3 is 8.72 Å². The molecule has 1 N–H and O–H groups in total. The lowest BCUT2D eigenvalue weighted by atomic mass is 11.8. The molecular formula is C3H10NO2Si. The first-order valence-electron chi connectivity index (χ1n) is 1.97. The summed E-state index contributed by atoms with van der Waals surface area (Å²) < 4.78 is 9.34. The fourth-order valence-corrected chi connectivity index (χ4v) is 0.250. The van der Waals surface area contributed by atoms with Crippen LogP contribution in [0.2, 0.25) is 6.55 Å². The van der Waals surface area contributed by atoms with Crippen LogP contribution in [0.3, 0.4) is 0 Å². The second kappa shape index (κ2) is 2.42. The van der Waals surface area contributed by atoms with Crippen LogP contribution < -0.4 is 5.40 Å². The lowest BCUT2D eigenvalue weighted by molar-refractivity contribution is 0.249. The number of hydrogen-bond acceptors (Lipinski definition) is 2. The van der Waals surface area contributed by atoms with Gasteiger partial charge in [0, 0.05) is 14.2 Å². The zero-order valence-electron chi connectivity index (χ0n) is 4.82. The summed E-state index contributed by atoms with van der Waals surface area (Å²) in [5.41, 5.74) is 0. The third-order valence-corrected chi connectivity index (χ3v) is 2.34. The van der Waals surface area contributed by atoms with Crippen LogP contribution in [0, 0.1) is 0 Å². The van der Waals surface area contributed by atoms with Crippen molar-refractivity contribution in [3.8, 4) is 0 Å². The van der Waals surface area contributed by atoms with E-state index in [2.05, 4.69) is 8.85 Å². The highest BCUT2D eigenvalue weighted by Gasteiger charge is 2.22. The molecule has 4 heteroatoms. The number of hydrogen-bond donors (Lipinski definition) is 0. The van der Waals surface area contributed by atoms with E-state index >= 15 is 0 Å². The first-order valence-corrected chi connectivity index (χ1v) is 4.29. The molecule has 3 nitrogen and oxygen atoms in total. The zero-order chi connectivity index (χ0) is 5.91. The van der Waals surface area contributed by atoms with Gasteiger partial charge in [-0.05, 0) is 6.55 Å². The van der Waals surface area contributed by atoms with Gasteiger partial charge in [0.1, 0.15) is 0 Å². The summed E-state index contributed by atoms with van der Waals surface area (Å²) in [6.45, 7) is 1.66. The van der Waals surface area contributed by atoms with Crippen LogP contribution in [-0.2, 0) is 8.85 Å². The van der Waals surface area contributed by atoms with Gasteiger partial charge in [0.2, 0.25) is 0 Å². The Morgan fingerprint density at radius 1 is 1.29 bits per heavy atom. The Bertz CT molecular complexity index is 50.9. The number of rotatable bonds is 2. The first-order chi connectivity index (χ1) is 3.12. The van der Waals surface area contributed by atoms with Crippen molar-refractivity contribution in [2.45, 2.75) is 6.55 Å². The molecule has 0 aromatic rings. The zero-order valence-corrected chi connectivity index (χ0v) is 5.82. The van der Waals surface area contributed by atoms with E-state index in [0.29, 0.717) is 0 Å². The van der Waals surface area contributed by atoms with Crippen molar-refractivity contribution in [2.24, 2.45) is 0 Å². The number of nitrogens with one attached hydrogen (secondary N) is 1. The summed E-state index contributed by atoms with van der Waals surface area (Å²) in [6.07, 6.45) is 0. The monoisotopic (exact) mass is 120 g/mol. The summed E-state index contributed by atoms with van der Waals surface area (Å²) in [6, 6.07) is 0. The topological polar surface area (TPSA) is 42.3 Å². The molecule has 1 radical (unpaired) electrons. The molecule has 0 amide bonds. The Hall–Kier alpha value is 0.0969. The van der Waals surface area contributed by atoms with Crippen LogP contribution in [-0.4, -0.2) is 22.9 Å². The van der Waals surface area contributed by atoms with Crippen LogP contribution in [0.25, 0.3) is 0 Å². The predicted molar refractivity (Wildman–Crippen MR) is 28.7 cm³/mol. The van der Waals surface area contributed by atoms with Crippen molar-refractivity contribution < 1.29 is 8.85 Å². The second-order valence-corrected chi connectivity index (χ2v) is 4.06. The minimum atomic E-state index is -2.40. The van der Waals surface area contributed by atoms with Crippen molar-refractivity contribution in [2.75, 3.05) is 14.2 Å². The molecule has 43 valence electrons. The van der Waals surface area contributed by atoms with Gasteiger partial charge in [-0.15, -0.1) is 0 Å². The highest BCUT2D eigenvalue weighted by molar-refractivity contribution is 6.61. The Morgan fingerprint density at radius 3 is 1.57 bits per heavy atom. The van der Waals surface area contributed by atoms with E-state index in [9.17, 15) is 0 Å². The molecule has 0 aliphatic rings. The molecule has 0 spiro atoms. The smallest absolute Gasteiger partial charge is 0.386 e. The molecule has 0 aromatic heterocycles. The Morgan fingerprint density at radius 2 is 1.57 bits per heavy atom. The normalized spacial score (nSPS) is 12.0. The molecule has 0 aliphatic carbocycles. The standard InChI is InChI=1S/C3H10NO2Si/c1-5-7(3,4)6-2/h4H,1-3H3. The third kappa shape index (κ3) is 2.75. The van der Waals surface area contributed by atoms with Crippen LogP contribution in [0.5, 0.6) is 0 Å². The van der Waals surface area contributed by atoms with Gasteiger partial charge in [-0.25, -0.2) is 5.40 Å². The molecular weight excluding hydrogens is 110 g/mol. The molecule has 0 saturated heterocycles. The van der Waals surface area contributed by atoms with Crippen LogP contribution >= 0.6 is 0 Å². The van der Waals surface area contributed by atoms with Gasteiger partial charge in [0.25, 0.3) is 0 Å². The van der Waals surface area contributed by atoms with Crippen LogP contribution in [0.1, 0.15) is 0 Å². The van der Waals surface area contributed by atoms with Gasteiger partial charge in [0.05, 0.1) is 0 Å². The van der Waals surface area contributed by atoms with E-state index in [4.69, 9.17) is 5.40 Å². The van der Waals surface area contributed by atoms with Gasteiger partial charge in [-0.2, -0.15) is 0 Å². The van der Waals surface area contributed by atoms with E-state index in [1.54, 1.807) is 6.55 Å². The average Bonchev–Trinajstić information content (AvgIpc) is 1.68. The molecule has 0 aliphatic heterocycles. The molecule has 7 heavy (non-hydrogen) atoms. The Balaban J connectivity index is 3.36. The first kappa shape index (κ1) is 7.10. The average molecular weight is 120 g/mol. The molecule has 0 fully saturated rings. The summed E-state index contributed by atoms with van der Waals surface area (Å²) in [5.74, 6) is 0. The highest BCUT2D eigenvalue weighted by atomic mass is 28.4. The van der Waals surface area contributed by atoms with Gasteiger partial charge in [-0.3, -0.25) is 0 Å². The molecule has 0 atom stereocenters. The minimum Gasteiger partial charge on any atom is -0.386 e. The fourth-order valence-electron chi connectivity index (χ4n) is 0.0833. The van der Waals surface area contributed by atoms with Crippen molar-refractivity contribution >= 4 is 8.72 Å². The Kier molecular flexibility index (Phi) is 2.45. The summed E-state index contributed by atoms with van der Waals surface area (Å²) >= 11 is 0. The quantitative estimate of drug-likeness (QED) is 0.486. The molecule has 0 rings (SSSR count). The van der Waals surface area contributed by atoms with E-state index in [1.165, 1.54) is 14.2 Å². The third-order valence-electron chi connectivity index (χ3n) is 0.779. The van der Waals surface area contributed by atoms with Gasteiger partial charge in [0.15, 0.2) is 0 Å². The van der Waals surface area contributed by atoms with E-state index in [0.717, 1.165) is 0 Å². The maximum absolute atomic E-state index is 7.12. The van der Waals surface area contributed by atoms with Crippen molar-refractivity contribution in [1.29, 1.82) is 0 Å². The van der Waals surface area contributed by atoms with Crippen LogP contribution in [0.15, 0.2) is 0 Å². The van der Waals surface area contributed by atoms with E-state index < -0.39 is 8.72 Å². The Labute approximate surface area is 44.7 Å². The lowest BCUT2D eigenvalue weighted by Gasteiger charge is -2.13. The molecule has 0 unspecified atom stereocenters. The molecule has 0 bridgehead atoms. The largest absolute Gasteiger partial charge is 0.434 e. The lowest BCUT2D eigenvalue weighted by Crippen LogP contribution is -2.38. The summed E-state index contributed by atoms with van der Waals surface area (Å²) in [4.78, 5) is 0. The van der Waals surface area contributed by atoms with Crippen LogP contribution in [0.4, 0.5) is 0 Å². The van der Waals surface area contributed by atoms with E-state index in [-0.39, 0.29) is 0 Å². The van der Waals surface area contributed by atoms with Crippen molar-refractivity contribution in [3.63, 3.8) is 0 Å². The fraction of sp³-hybridized carbons (Fsp3) is 1.00. The highest BCUT2D eigenvalue weighted by Crippen LogP contribution is 1.93.